The molecule has 0 radical (unpaired) electrons. The highest BCUT2D eigenvalue weighted by molar-refractivity contribution is 7.80. The SMILES string of the molecule is NC(=S)c1cc(NC2CC2)ncn1. The predicted molar refractivity (Wildman–Crippen MR) is 54.6 cm³/mol. The van der Waals surface area contributed by atoms with Crippen LogP contribution in [0.1, 0.15) is 18.5 Å². The second-order valence-corrected chi connectivity index (χ2v) is 3.51. The third-order valence-corrected chi connectivity index (χ3v) is 2.06. The summed E-state index contributed by atoms with van der Waals surface area (Å²) in [7, 11) is 0. The highest BCUT2D eigenvalue weighted by Gasteiger charge is 2.21. The van der Waals surface area contributed by atoms with E-state index < -0.39 is 0 Å². The molecule has 0 atom stereocenters. The van der Waals surface area contributed by atoms with Crippen molar-refractivity contribution in [1.29, 1.82) is 0 Å². The second kappa shape index (κ2) is 3.26. The Labute approximate surface area is 81.6 Å². The van der Waals surface area contributed by atoms with Crippen LogP contribution in [0.2, 0.25) is 0 Å². The lowest BCUT2D eigenvalue weighted by atomic mass is 10.4. The van der Waals surface area contributed by atoms with Gasteiger partial charge in [-0.15, -0.1) is 0 Å². The molecule has 0 aliphatic heterocycles. The molecule has 4 nitrogen and oxygen atoms in total. The summed E-state index contributed by atoms with van der Waals surface area (Å²) in [4.78, 5) is 8.32. The predicted octanol–water partition coefficient (Wildman–Crippen LogP) is 0.685. The van der Waals surface area contributed by atoms with Gasteiger partial charge in [0.15, 0.2) is 0 Å². The van der Waals surface area contributed by atoms with Gasteiger partial charge in [0.25, 0.3) is 0 Å². The van der Waals surface area contributed by atoms with Gasteiger partial charge in [0.1, 0.15) is 22.8 Å². The van der Waals surface area contributed by atoms with Crippen molar-refractivity contribution < 1.29 is 0 Å². The Morgan fingerprint density at radius 3 is 2.92 bits per heavy atom. The van der Waals surface area contributed by atoms with Crippen LogP contribution < -0.4 is 11.1 Å². The normalized spacial score (nSPS) is 15.4. The van der Waals surface area contributed by atoms with Crippen molar-refractivity contribution in [2.75, 3.05) is 5.32 Å². The lowest BCUT2D eigenvalue weighted by molar-refractivity contribution is 1.07. The number of hydrogen-bond acceptors (Lipinski definition) is 4. The highest BCUT2D eigenvalue weighted by Crippen LogP contribution is 2.23. The van der Waals surface area contributed by atoms with Gasteiger partial charge < -0.3 is 11.1 Å². The van der Waals surface area contributed by atoms with E-state index in [1.165, 1.54) is 19.2 Å². The quantitative estimate of drug-likeness (QED) is 0.693. The van der Waals surface area contributed by atoms with E-state index in [-0.39, 0.29) is 0 Å². The average Bonchev–Trinajstić information content (AvgIpc) is 2.89. The Kier molecular flexibility index (Phi) is 2.10. The van der Waals surface area contributed by atoms with Crippen molar-refractivity contribution >= 4 is 23.0 Å². The number of anilines is 1. The van der Waals surface area contributed by atoms with Gasteiger partial charge in [-0.2, -0.15) is 0 Å². The van der Waals surface area contributed by atoms with Crippen LogP contribution in [0.15, 0.2) is 12.4 Å². The van der Waals surface area contributed by atoms with E-state index in [4.69, 9.17) is 18.0 Å². The second-order valence-electron chi connectivity index (χ2n) is 3.07. The number of nitrogens with one attached hydrogen (secondary N) is 1. The van der Waals surface area contributed by atoms with Crippen LogP contribution in [0, 0.1) is 0 Å². The minimum absolute atomic E-state index is 0.307. The van der Waals surface area contributed by atoms with E-state index >= 15 is 0 Å². The van der Waals surface area contributed by atoms with Crippen LogP contribution in [-0.2, 0) is 0 Å². The molecule has 0 amide bonds. The standard InChI is InChI=1S/C8H10N4S/c9-8(13)6-3-7(11-4-10-6)12-5-1-2-5/h3-5H,1-2H2,(H2,9,13)(H,10,11,12). The maximum Gasteiger partial charge on any atom is 0.130 e. The van der Waals surface area contributed by atoms with E-state index in [0.717, 1.165) is 5.82 Å². The van der Waals surface area contributed by atoms with E-state index in [1.807, 2.05) is 0 Å². The van der Waals surface area contributed by atoms with Gasteiger partial charge in [0.2, 0.25) is 0 Å². The summed E-state index contributed by atoms with van der Waals surface area (Å²) in [5, 5.41) is 3.24. The monoisotopic (exact) mass is 194 g/mol. The van der Waals surface area contributed by atoms with Gasteiger partial charge in [-0.3, -0.25) is 0 Å². The molecule has 0 spiro atoms. The van der Waals surface area contributed by atoms with Gasteiger partial charge in [-0.25, -0.2) is 9.97 Å². The third kappa shape index (κ3) is 2.12. The average molecular weight is 194 g/mol. The van der Waals surface area contributed by atoms with Crippen molar-refractivity contribution in [2.24, 2.45) is 5.73 Å². The van der Waals surface area contributed by atoms with Gasteiger partial charge in [-0.1, -0.05) is 12.2 Å². The summed E-state index contributed by atoms with van der Waals surface area (Å²) in [5.41, 5.74) is 6.06. The minimum Gasteiger partial charge on any atom is -0.388 e. The first-order chi connectivity index (χ1) is 6.25. The van der Waals surface area contributed by atoms with Crippen LogP contribution in [-0.4, -0.2) is 21.0 Å². The van der Waals surface area contributed by atoms with Crippen LogP contribution in [0.4, 0.5) is 5.82 Å². The molecule has 1 aromatic heterocycles. The van der Waals surface area contributed by atoms with Crippen molar-refractivity contribution in [3.05, 3.63) is 18.1 Å². The topological polar surface area (TPSA) is 63.8 Å². The van der Waals surface area contributed by atoms with Gasteiger partial charge in [0, 0.05) is 12.1 Å². The van der Waals surface area contributed by atoms with Gasteiger partial charge >= 0.3 is 0 Å². The van der Waals surface area contributed by atoms with Crippen LogP contribution in [0.5, 0.6) is 0 Å². The van der Waals surface area contributed by atoms with Crippen molar-refractivity contribution in [3.8, 4) is 0 Å². The Morgan fingerprint density at radius 1 is 1.54 bits per heavy atom. The molecule has 1 fully saturated rings. The maximum atomic E-state index is 5.44. The zero-order valence-electron chi connectivity index (χ0n) is 7.03. The fraction of sp³-hybridized carbons (Fsp3) is 0.375. The third-order valence-electron chi connectivity index (χ3n) is 1.85. The molecule has 0 aromatic carbocycles. The fourth-order valence-corrected chi connectivity index (χ4v) is 1.12. The molecule has 1 aliphatic rings. The number of aromatic nitrogens is 2. The zero-order valence-corrected chi connectivity index (χ0v) is 7.84. The Bertz CT molecular complexity index is 335. The Hall–Kier alpha value is -1.23. The summed E-state index contributed by atoms with van der Waals surface area (Å²) in [6.45, 7) is 0. The number of nitrogens with two attached hydrogens (primary N) is 1. The number of hydrogen-bond donors (Lipinski definition) is 2. The van der Waals surface area contributed by atoms with Gasteiger partial charge in [-0.05, 0) is 12.8 Å². The molecule has 1 aromatic rings. The largest absolute Gasteiger partial charge is 0.388 e. The lowest BCUT2D eigenvalue weighted by Crippen LogP contribution is -2.13. The van der Waals surface area contributed by atoms with E-state index in [2.05, 4.69) is 15.3 Å². The molecule has 13 heavy (non-hydrogen) atoms. The first-order valence-corrected chi connectivity index (χ1v) is 4.55. The molecule has 3 N–H and O–H groups in total. The molecule has 1 saturated carbocycles. The van der Waals surface area contributed by atoms with Crippen molar-refractivity contribution in [3.63, 3.8) is 0 Å². The van der Waals surface area contributed by atoms with E-state index in [9.17, 15) is 0 Å². The van der Waals surface area contributed by atoms with Crippen molar-refractivity contribution in [2.45, 2.75) is 18.9 Å². The summed E-state index contributed by atoms with van der Waals surface area (Å²) in [5.74, 6) is 0.806. The summed E-state index contributed by atoms with van der Waals surface area (Å²) < 4.78 is 0. The molecule has 0 saturated heterocycles. The molecule has 68 valence electrons. The molecule has 0 unspecified atom stereocenters. The molecule has 0 bridgehead atoms. The molecule has 1 heterocycles. The Morgan fingerprint density at radius 2 is 2.31 bits per heavy atom. The minimum atomic E-state index is 0.307. The first-order valence-electron chi connectivity index (χ1n) is 4.14. The molecule has 5 heteroatoms. The first kappa shape index (κ1) is 8.37. The molecule has 2 rings (SSSR count). The highest BCUT2D eigenvalue weighted by atomic mass is 32.1. The van der Waals surface area contributed by atoms with E-state index in [1.54, 1.807) is 6.07 Å². The fourth-order valence-electron chi connectivity index (χ4n) is 1.01. The molecular formula is C8H10N4S. The maximum absolute atomic E-state index is 5.44. The van der Waals surface area contributed by atoms with Gasteiger partial charge in [0.05, 0.1) is 0 Å². The number of rotatable bonds is 3. The number of nitrogens with zero attached hydrogens (tertiary/aromatic N) is 2. The van der Waals surface area contributed by atoms with Crippen LogP contribution >= 0.6 is 12.2 Å². The van der Waals surface area contributed by atoms with Crippen LogP contribution in [0.25, 0.3) is 0 Å². The zero-order chi connectivity index (χ0) is 9.26. The summed E-state index contributed by atoms with van der Waals surface area (Å²) >= 11 is 4.81. The number of thiocarbonyl (C=S) groups is 1. The summed E-state index contributed by atoms with van der Waals surface area (Å²) in [6.07, 6.45) is 3.90. The Balaban J connectivity index is 2.15. The molecular weight excluding hydrogens is 184 g/mol. The smallest absolute Gasteiger partial charge is 0.130 e. The summed E-state index contributed by atoms with van der Waals surface area (Å²) in [6, 6.07) is 2.36. The van der Waals surface area contributed by atoms with Crippen molar-refractivity contribution in [1.82, 2.24) is 9.97 Å². The van der Waals surface area contributed by atoms with Crippen LogP contribution in [0.3, 0.4) is 0 Å². The molecule has 1 aliphatic carbocycles. The van der Waals surface area contributed by atoms with E-state index in [0.29, 0.717) is 16.7 Å². The lowest BCUT2D eigenvalue weighted by Gasteiger charge is -2.03.